The Bertz CT molecular complexity index is 164. The van der Waals surface area contributed by atoms with Crippen LogP contribution in [0.15, 0.2) is 0 Å². The molecule has 1 heterocycles. The third-order valence-electron chi connectivity index (χ3n) is 2.01. The zero-order valence-corrected chi connectivity index (χ0v) is 8.66. The van der Waals surface area contributed by atoms with Crippen LogP contribution in [0.25, 0.3) is 0 Å². The van der Waals surface area contributed by atoms with E-state index in [4.69, 9.17) is 14.2 Å². The minimum Gasteiger partial charge on any atom is -0.460 e. The first-order valence-electron chi connectivity index (χ1n) is 5.21. The van der Waals surface area contributed by atoms with Gasteiger partial charge in [-0.15, -0.1) is 0 Å². The van der Waals surface area contributed by atoms with Gasteiger partial charge >= 0.3 is 5.97 Å². The standard InChI is InChI=1S/C10H18O4/c1-2-3-5-9(11)14-8-10-12-6-4-7-13-10/h10H,2-8H2,1H3. The average molecular weight is 202 g/mol. The molecule has 0 aliphatic carbocycles. The summed E-state index contributed by atoms with van der Waals surface area (Å²) in [5.74, 6) is -0.162. The van der Waals surface area contributed by atoms with Crippen molar-refractivity contribution in [2.45, 2.75) is 38.9 Å². The van der Waals surface area contributed by atoms with Crippen LogP contribution in [0.1, 0.15) is 32.6 Å². The van der Waals surface area contributed by atoms with E-state index in [0.717, 1.165) is 19.3 Å². The van der Waals surface area contributed by atoms with Crippen molar-refractivity contribution in [3.63, 3.8) is 0 Å². The smallest absolute Gasteiger partial charge is 0.305 e. The van der Waals surface area contributed by atoms with Crippen LogP contribution in [-0.2, 0) is 19.0 Å². The molecule has 0 aromatic rings. The van der Waals surface area contributed by atoms with Gasteiger partial charge in [0.2, 0.25) is 0 Å². The Morgan fingerprint density at radius 1 is 1.43 bits per heavy atom. The minimum absolute atomic E-state index is 0.162. The van der Waals surface area contributed by atoms with Crippen molar-refractivity contribution in [3.8, 4) is 0 Å². The van der Waals surface area contributed by atoms with E-state index in [1.165, 1.54) is 0 Å². The predicted octanol–water partition coefficient (Wildman–Crippen LogP) is 1.48. The molecular weight excluding hydrogens is 184 g/mol. The maximum absolute atomic E-state index is 11.1. The molecule has 1 rings (SSSR count). The first-order chi connectivity index (χ1) is 6.83. The number of carbonyl (C=O) groups excluding carboxylic acids is 1. The van der Waals surface area contributed by atoms with E-state index in [1.54, 1.807) is 0 Å². The fraction of sp³-hybridized carbons (Fsp3) is 0.900. The number of unbranched alkanes of at least 4 members (excludes halogenated alkanes) is 1. The lowest BCUT2D eigenvalue weighted by Crippen LogP contribution is -2.30. The van der Waals surface area contributed by atoms with Gasteiger partial charge in [-0.3, -0.25) is 4.79 Å². The van der Waals surface area contributed by atoms with Crippen LogP contribution in [0.5, 0.6) is 0 Å². The lowest BCUT2D eigenvalue weighted by Gasteiger charge is -2.22. The van der Waals surface area contributed by atoms with Crippen LogP contribution in [0.4, 0.5) is 0 Å². The molecule has 4 heteroatoms. The summed E-state index contributed by atoms with van der Waals surface area (Å²) in [5, 5.41) is 0. The van der Waals surface area contributed by atoms with Gasteiger partial charge in [0.05, 0.1) is 13.2 Å². The Labute approximate surface area is 84.5 Å². The number of ether oxygens (including phenoxy) is 3. The molecule has 0 atom stereocenters. The Hall–Kier alpha value is -0.610. The summed E-state index contributed by atoms with van der Waals surface area (Å²) in [6, 6.07) is 0. The summed E-state index contributed by atoms with van der Waals surface area (Å²) in [5.41, 5.74) is 0. The second-order valence-electron chi connectivity index (χ2n) is 3.31. The normalized spacial score (nSPS) is 18.1. The van der Waals surface area contributed by atoms with E-state index in [2.05, 4.69) is 0 Å². The van der Waals surface area contributed by atoms with Crippen molar-refractivity contribution >= 4 is 5.97 Å². The summed E-state index contributed by atoms with van der Waals surface area (Å²) in [4.78, 5) is 11.1. The molecule has 0 unspecified atom stereocenters. The van der Waals surface area contributed by atoms with E-state index in [1.807, 2.05) is 6.92 Å². The van der Waals surface area contributed by atoms with Crippen molar-refractivity contribution < 1.29 is 19.0 Å². The van der Waals surface area contributed by atoms with Crippen LogP contribution < -0.4 is 0 Å². The largest absolute Gasteiger partial charge is 0.460 e. The predicted molar refractivity (Wildman–Crippen MR) is 50.8 cm³/mol. The van der Waals surface area contributed by atoms with Crippen LogP contribution in [0.2, 0.25) is 0 Å². The highest BCUT2D eigenvalue weighted by Gasteiger charge is 2.15. The van der Waals surface area contributed by atoms with Gasteiger partial charge in [0.1, 0.15) is 6.61 Å². The molecule has 1 aliphatic heterocycles. The van der Waals surface area contributed by atoms with E-state index >= 15 is 0 Å². The highest BCUT2D eigenvalue weighted by Crippen LogP contribution is 2.06. The monoisotopic (exact) mass is 202 g/mol. The van der Waals surface area contributed by atoms with Gasteiger partial charge in [0.25, 0.3) is 0 Å². The lowest BCUT2D eigenvalue weighted by atomic mass is 10.2. The van der Waals surface area contributed by atoms with Crippen LogP contribution in [0, 0.1) is 0 Å². The molecular formula is C10H18O4. The molecule has 14 heavy (non-hydrogen) atoms. The van der Waals surface area contributed by atoms with Crippen molar-refractivity contribution in [3.05, 3.63) is 0 Å². The molecule has 1 aliphatic rings. The molecule has 0 aromatic heterocycles. The minimum atomic E-state index is -0.352. The summed E-state index contributed by atoms with van der Waals surface area (Å²) < 4.78 is 15.5. The van der Waals surface area contributed by atoms with Gasteiger partial charge in [-0.25, -0.2) is 0 Å². The molecule has 0 radical (unpaired) electrons. The quantitative estimate of drug-likeness (QED) is 0.633. The SMILES string of the molecule is CCCCC(=O)OCC1OCCCO1. The number of esters is 1. The number of rotatable bonds is 5. The number of carbonyl (C=O) groups is 1. The first-order valence-corrected chi connectivity index (χ1v) is 5.21. The van der Waals surface area contributed by atoms with Gasteiger partial charge in [-0.2, -0.15) is 0 Å². The highest BCUT2D eigenvalue weighted by atomic mass is 16.7. The molecule has 0 saturated carbocycles. The zero-order valence-electron chi connectivity index (χ0n) is 8.66. The van der Waals surface area contributed by atoms with Gasteiger partial charge in [0, 0.05) is 6.42 Å². The Kier molecular flexibility index (Phi) is 5.56. The summed E-state index contributed by atoms with van der Waals surface area (Å²) in [7, 11) is 0. The molecule has 0 aromatic carbocycles. The topological polar surface area (TPSA) is 44.8 Å². The fourth-order valence-corrected chi connectivity index (χ4v) is 1.19. The Balaban J connectivity index is 2.03. The third-order valence-corrected chi connectivity index (χ3v) is 2.01. The van der Waals surface area contributed by atoms with E-state index < -0.39 is 0 Å². The molecule has 82 valence electrons. The molecule has 0 spiro atoms. The van der Waals surface area contributed by atoms with Crippen molar-refractivity contribution in [1.29, 1.82) is 0 Å². The van der Waals surface area contributed by atoms with Gasteiger partial charge < -0.3 is 14.2 Å². The van der Waals surface area contributed by atoms with E-state index in [-0.39, 0.29) is 18.9 Å². The van der Waals surface area contributed by atoms with E-state index in [0.29, 0.717) is 19.6 Å². The molecule has 0 bridgehead atoms. The maximum atomic E-state index is 11.1. The summed E-state index contributed by atoms with van der Waals surface area (Å²) in [6.45, 7) is 3.65. The van der Waals surface area contributed by atoms with Crippen molar-refractivity contribution in [2.75, 3.05) is 19.8 Å². The second-order valence-corrected chi connectivity index (χ2v) is 3.31. The van der Waals surface area contributed by atoms with Crippen molar-refractivity contribution in [2.24, 2.45) is 0 Å². The molecule has 0 N–H and O–H groups in total. The molecule has 4 nitrogen and oxygen atoms in total. The summed E-state index contributed by atoms with van der Waals surface area (Å²) in [6.07, 6.45) is 2.94. The first kappa shape index (κ1) is 11.5. The lowest BCUT2D eigenvalue weighted by molar-refractivity contribution is -0.205. The van der Waals surface area contributed by atoms with Crippen LogP contribution in [0.3, 0.4) is 0 Å². The van der Waals surface area contributed by atoms with E-state index in [9.17, 15) is 4.79 Å². The highest BCUT2D eigenvalue weighted by molar-refractivity contribution is 5.69. The molecule has 1 fully saturated rings. The van der Waals surface area contributed by atoms with Gasteiger partial charge in [0.15, 0.2) is 6.29 Å². The maximum Gasteiger partial charge on any atom is 0.305 e. The molecule has 1 saturated heterocycles. The van der Waals surface area contributed by atoms with Gasteiger partial charge in [-0.1, -0.05) is 13.3 Å². The Morgan fingerprint density at radius 3 is 2.79 bits per heavy atom. The summed E-state index contributed by atoms with van der Waals surface area (Å²) >= 11 is 0. The van der Waals surface area contributed by atoms with Crippen LogP contribution in [-0.4, -0.2) is 32.1 Å². The average Bonchev–Trinajstić information content (AvgIpc) is 2.25. The third kappa shape index (κ3) is 4.58. The number of hydrogen-bond donors (Lipinski definition) is 0. The number of hydrogen-bond acceptors (Lipinski definition) is 4. The molecule has 0 amide bonds. The zero-order chi connectivity index (χ0) is 10.2. The Morgan fingerprint density at radius 2 is 2.14 bits per heavy atom. The van der Waals surface area contributed by atoms with Crippen LogP contribution >= 0.6 is 0 Å². The van der Waals surface area contributed by atoms with Gasteiger partial charge in [-0.05, 0) is 12.8 Å². The second kappa shape index (κ2) is 6.79. The fourth-order valence-electron chi connectivity index (χ4n) is 1.19. The van der Waals surface area contributed by atoms with Crippen molar-refractivity contribution in [1.82, 2.24) is 0 Å².